The largest absolute Gasteiger partial charge is 0.490 e. The minimum Gasteiger partial charge on any atom is -0.490 e. The maximum Gasteiger partial charge on any atom is 0.336 e. The summed E-state index contributed by atoms with van der Waals surface area (Å²) >= 11 is 6.01. The van der Waals surface area contributed by atoms with Crippen LogP contribution in [0.2, 0.25) is 5.02 Å². The summed E-state index contributed by atoms with van der Waals surface area (Å²) < 4.78 is 11.1. The van der Waals surface area contributed by atoms with Crippen molar-refractivity contribution in [2.24, 2.45) is 0 Å². The molecule has 34 heavy (non-hydrogen) atoms. The fraction of sp³-hybridized carbons (Fsp3) is 0.280. The van der Waals surface area contributed by atoms with Gasteiger partial charge in [0.1, 0.15) is 24.0 Å². The van der Waals surface area contributed by atoms with Crippen LogP contribution in [0.15, 0.2) is 71.1 Å². The average Bonchev–Trinajstić information content (AvgIpc) is 2.82. The Morgan fingerprint density at radius 3 is 2.68 bits per heavy atom. The topological polar surface area (TPSA) is 108 Å². The Kier molecular flexibility index (Phi) is 6.98. The Labute approximate surface area is 201 Å². The Bertz CT molecular complexity index is 1210. The number of allylic oxidation sites excluding steroid dienone is 3. The second-order valence-electron chi connectivity index (χ2n) is 8.03. The highest BCUT2D eigenvalue weighted by molar-refractivity contribution is 6.32. The van der Waals surface area contributed by atoms with E-state index in [4.69, 9.17) is 21.1 Å². The predicted molar refractivity (Wildman–Crippen MR) is 125 cm³/mol. The minimum atomic E-state index is -0.789. The molecule has 2 aliphatic rings. The van der Waals surface area contributed by atoms with E-state index < -0.39 is 16.8 Å². The molecule has 0 unspecified atom stereocenters. The summed E-state index contributed by atoms with van der Waals surface area (Å²) in [5.41, 5.74) is 2.12. The van der Waals surface area contributed by atoms with Crippen LogP contribution in [0.25, 0.3) is 0 Å². The molecule has 0 saturated carbocycles. The highest BCUT2D eigenvalue weighted by Crippen LogP contribution is 2.44. The summed E-state index contributed by atoms with van der Waals surface area (Å²) in [7, 11) is 0. The van der Waals surface area contributed by atoms with Gasteiger partial charge in [-0.25, -0.2) is 4.79 Å². The summed E-state index contributed by atoms with van der Waals surface area (Å²) in [6, 6.07) is 13.5. The predicted octanol–water partition coefficient (Wildman–Crippen LogP) is 4.84. The molecule has 0 aromatic heterocycles. The molecule has 1 aliphatic heterocycles. The maximum atomic E-state index is 13.2. The van der Waals surface area contributed by atoms with Gasteiger partial charge < -0.3 is 14.8 Å². The van der Waals surface area contributed by atoms with E-state index in [2.05, 4.69) is 5.32 Å². The van der Waals surface area contributed by atoms with Gasteiger partial charge in [0.05, 0.1) is 10.5 Å². The second-order valence-corrected chi connectivity index (χ2v) is 8.44. The summed E-state index contributed by atoms with van der Waals surface area (Å²) in [5, 5.41) is 14.7. The van der Waals surface area contributed by atoms with E-state index in [1.54, 1.807) is 25.1 Å². The van der Waals surface area contributed by atoms with Crippen LogP contribution in [0.4, 0.5) is 5.69 Å². The van der Waals surface area contributed by atoms with Crippen LogP contribution in [0.3, 0.4) is 0 Å². The van der Waals surface area contributed by atoms with Crippen molar-refractivity contribution in [1.29, 1.82) is 0 Å². The lowest BCUT2D eigenvalue weighted by atomic mass is 9.75. The Morgan fingerprint density at radius 1 is 1.18 bits per heavy atom. The van der Waals surface area contributed by atoms with Gasteiger partial charge in [-0.2, -0.15) is 0 Å². The number of Topliss-reactive ketones (excluding diaryl/α,β-unsaturated/α-hetero) is 1. The third kappa shape index (κ3) is 4.82. The van der Waals surface area contributed by atoms with Crippen LogP contribution >= 0.6 is 11.6 Å². The molecule has 2 aromatic carbocycles. The normalized spacial score (nSPS) is 17.7. The first-order valence-corrected chi connectivity index (χ1v) is 11.3. The lowest BCUT2D eigenvalue weighted by Crippen LogP contribution is -2.34. The number of benzene rings is 2. The highest BCUT2D eigenvalue weighted by atomic mass is 35.5. The number of halogens is 1. The van der Waals surface area contributed by atoms with Gasteiger partial charge in [0.25, 0.3) is 5.69 Å². The van der Waals surface area contributed by atoms with Crippen molar-refractivity contribution in [2.75, 3.05) is 13.2 Å². The summed E-state index contributed by atoms with van der Waals surface area (Å²) in [5.74, 6) is -0.847. The smallest absolute Gasteiger partial charge is 0.336 e. The van der Waals surface area contributed by atoms with Gasteiger partial charge >= 0.3 is 5.97 Å². The lowest BCUT2D eigenvalue weighted by Gasteiger charge is -2.34. The van der Waals surface area contributed by atoms with Gasteiger partial charge in [-0.1, -0.05) is 35.9 Å². The number of nitro benzene ring substituents is 1. The lowest BCUT2D eigenvalue weighted by molar-refractivity contribution is -0.384. The Hall–Kier alpha value is -3.65. The molecular formula is C25H23ClN2O6. The van der Waals surface area contributed by atoms with E-state index >= 15 is 0 Å². The molecule has 176 valence electrons. The van der Waals surface area contributed by atoms with Crippen molar-refractivity contribution in [3.8, 4) is 5.75 Å². The number of carbonyl (C=O) groups excluding carboxylic acids is 2. The van der Waals surface area contributed by atoms with Gasteiger partial charge in [-0.3, -0.25) is 14.9 Å². The number of ketones is 1. The summed E-state index contributed by atoms with van der Waals surface area (Å²) in [4.78, 5) is 37.0. The molecule has 8 nitrogen and oxygen atoms in total. The molecule has 1 N–H and O–H groups in total. The monoisotopic (exact) mass is 482 g/mol. The first-order valence-electron chi connectivity index (χ1n) is 10.9. The van der Waals surface area contributed by atoms with E-state index in [0.29, 0.717) is 41.8 Å². The zero-order valence-corrected chi connectivity index (χ0v) is 19.3. The van der Waals surface area contributed by atoms with E-state index in [1.807, 2.05) is 18.2 Å². The fourth-order valence-electron chi connectivity index (χ4n) is 4.32. The number of ether oxygens (including phenoxy) is 2. The van der Waals surface area contributed by atoms with E-state index in [0.717, 1.165) is 5.70 Å². The quantitative estimate of drug-likeness (QED) is 0.260. The summed E-state index contributed by atoms with van der Waals surface area (Å²) in [6.07, 6.45) is 1.69. The molecule has 0 amide bonds. The molecule has 1 heterocycles. The first-order chi connectivity index (χ1) is 16.4. The molecular weight excluding hydrogens is 460 g/mol. The van der Waals surface area contributed by atoms with Crippen molar-refractivity contribution in [1.82, 2.24) is 5.32 Å². The first kappa shape index (κ1) is 23.5. The zero-order valence-electron chi connectivity index (χ0n) is 18.5. The van der Waals surface area contributed by atoms with E-state index in [-0.39, 0.29) is 35.3 Å². The van der Waals surface area contributed by atoms with Crippen LogP contribution in [-0.2, 0) is 14.3 Å². The highest BCUT2D eigenvalue weighted by Gasteiger charge is 2.39. The molecule has 4 rings (SSSR count). The van der Waals surface area contributed by atoms with Crippen LogP contribution in [-0.4, -0.2) is 29.9 Å². The second kappa shape index (κ2) is 10.1. The molecule has 1 atom stereocenters. The number of esters is 1. The van der Waals surface area contributed by atoms with Crippen molar-refractivity contribution in [2.45, 2.75) is 32.1 Å². The molecule has 2 aromatic rings. The number of carbonyl (C=O) groups is 2. The van der Waals surface area contributed by atoms with Crippen LogP contribution < -0.4 is 10.1 Å². The number of para-hydroxylation sites is 1. The van der Waals surface area contributed by atoms with Crippen molar-refractivity contribution in [3.63, 3.8) is 0 Å². The van der Waals surface area contributed by atoms with Gasteiger partial charge in [-0.15, -0.1) is 0 Å². The SMILES string of the molecule is CC1=C(C(=O)OCCOc2ccccc2)[C@H](c2ccc(Cl)c([N+](=O)[O-])c2)C2=C(CCCC2=O)N1. The molecule has 0 fully saturated rings. The van der Waals surface area contributed by atoms with E-state index in [1.165, 1.54) is 12.1 Å². The number of hydrogen-bond donors (Lipinski definition) is 1. The number of hydrogen-bond acceptors (Lipinski definition) is 7. The number of nitrogens with one attached hydrogen (secondary N) is 1. The zero-order chi connectivity index (χ0) is 24.2. The van der Waals surface area contributed by atoms with Gasteiger partial charge in [-0.05, 0) is 43.5 Å². The number of dihydropyridines is 1. The molecule has 0 radical (unpaired) electrons. The third-order valence-electron chi connectivity index (χ3n) is 5.82. The van der Waals surface area contributed by atoms with Gasteiger partial charge in [0.2, 0.25) is 0 Å². The van der Waals surface area contributed by atoms with Crippen molar-refractivity contribution < 1.29 is 24.0 Å². The number of nitro groups is 1. The van der Waals surface area contributed by atoms with Gasteiger partial charge in [0.15, 0.2) is 5.78 Å². The van der Waals surface area contributed by atoms with Crippen molar-refractivity contribution >= 4 is 29.0 Å². The number of rotatable bonds is 7. The third-order valence-corrected chi connectivity index (χ3v) is 6.14. The standard InChI is InChI=1S/C25H23ClN2O6/c1-15-22(25(30)34-13-12-33-17-6-3-2-4-7-17)23(24-19(27-15)8-5-9-21(24)29)16-10-11-18(26)20(14-16)28(31)32/h2-4,6-7,10-11,14,23,27H,5,8-9,12-13H2,1H3/t23-/m0/s1. The molecule has 0 bridgehead atoms. The average molecular weight is 483 g/mol. The maximum absolute atomic E-state index is 13.2. The summed E-state index contributed by atoms with van der Waals surface area (Å²) in [6.45, 7) is 1.88. The number of nitrogens with zero attached hydrogens (tertiary/aromatic N) is 1. The minimum absolute atomic E-state index is 0.00214. The molecule has 1 aliphatic carbocycles. The van der Waals surface area contributed by atoms with Crippen LogP contribution in [0.5, 0.6) is 5.75 Å². The molecule has 0 saturated heterocycles. The molecule has 0 spiro atoms. The molecule has 9 heteroatoms. The Morgan fingerprint density at radius 2 is 1.94 bits per heavy atom. The van der Waals surface area contributed by atoms with Gasteiger partial charge in [0, 0.05) is 35.4 Å². The van der Waals surface area contributed by atoms with Crippen LogP contribution in [0, 0.1) is 10.1 Å². The van der Waals surface area contributed by atoms with Crippen molar-refractivity contribution in [3.05, 3.63) is 91.8 Å². The van der Waals surface area contributed by atoms with Crippen LogP contribution in [0.1, 0.15) is 37.7 Å². The fourth-order valence-corrected chi connectivity index (χ4v) is 4.51. The van der Waals surface area contributed by atoms with E-state index in [9.17, 15) is 19.7 Å². The Balaban J connectivity index is 1.63.